The fraction of sp³-hybridized carbons (Fsp3) is 0.273. The lowest BCUT2D eigenvalue weighted by molar-refractivity contribution is 0.357. The van der Waals surface area contributed by atoms with Gasteiger partial charge in [0.25, 0.3) is 0 Å². The maximum Gasteiger partial charge on any atom is 0.160 e. The van der Waals surface area contributed by atoms with Gasteiger partial charge in [-0.2, -0.15) is 0 Å². The number of hydrogen-bond donors (Lipinski definition) is 0. The zero-order valence-electron chi connectivity index (χ0n) is 16.4. The van der Waals surface area contributed by atoms with Gasteiger partial charge in [-0.15, -0.1) is 0 Å². The molecule has 0 aromatic heterocycles. The van der Waals surface area contributed by atoms with Crippen LogP contribution in [0.25, 0.3) is 10.8 Å². The van der Waals surface area contributed by atoms with Gasteiger partial charge in [-0.05, 0) is 32.4 Å². The summed E-state index contributed by atoms with van der Waals surface area (Å²) in [5.74, 6) is 1.78. The first kappa shape index (κ1) is 17.4. The molecule has 2 nitrogen and oxygen atoms in total. The number of hydrogen-bond acceptors (Lipinski definition) is 2. The van der Waals surface area contributed by atoms with Gasteiger partial charge in [-0.3, -0.25) is 0 Å². The highest BCUT2D eigenvalue weighted by Gasteiger charge is 2.43. The molecular weight excluding hydrogens is 352 g/mol. The van der Waals surface area contributed by atoms with Gasteiger partial charge in [0, 0.05) is 0 Å². The second kappa shape index (κ2) is 5.73. The zero-order chi connectivity index (χ0) is 18.7. The molecule has 0 unspecified atom stereocenters. The quantitative estimate of drug-likeness (QED) is 0.639. The van der Waals surface area contributed by atoms with E-state index in [0.29, 0.717) is 0 Å². The van der Waals surface area contributed by atoms with Crippen molar-refractivity contribution in [2.45, 2.75) is 26.2 Å². The highest BCUT2D eigenvalue weighted by Crippen LogP contribution is 2.30. The molecule has 0 aliphatic carbocycles. The Labute approximate surface area is 157 Å². The van der Waals surface area contributed by atoms with Gasteiger partial charge in [0.1, 0.15) is 16.1 Å². The van der Waals surface area contributed by atoms with Crippen molar-refractivity contribution in [1.82, 2.24) is 0 Å². The summed E-state index contributed by atoms with van der Waals surface area (Å²) in [5, 5.41) is 8.81. The Morgan fingerprint density at radius 3 is 1.85 bits per heavy atom. The van der Waals surface area contributed by atoms with Gasteiger partial charge < -0.3 is 9.47 Å². The zero-order valence-corrected chi connectivity index (χ0v) is 18.4. The minimum Gasteiger partial charge on any atom is -0.493 e. The largest absolute Gasteiger partial charge is 0.493 e. The summed E-state index contributed by atoms with van der Waals surface area (Å²) < 4.78 is 11.6. The standard InChI is InChI=1S/C22H26O2Si2/c1-23-16-13-14-19-22(21(16)24-2)26(5,6)18-12-8-10-15-9-7-11-17(20(15)18)25(19,3)4/h7-14H,1-6H3. The molecule has 0 atom stereocenters. The summed E-state index contributed by atoms with van der Waals surface area (Å²) in [7, 11) is -0.367. The molecule has 134 valence electrons. The summed E-state index contributed by atoms with van der Waals surface area (Å²) in [5.41, 5.74) is 0. The molecule has 0 radical (unpaired) electrons. The van der Waals surface area contributed by atoms with E-state index in [0.717, 1.165) is 11.5 Å². The van der Waals surface area contributed by atoms with E-state index in [1.807, 2.05) is 0 Å². The predicted octanol–water partition coefficient (Wildman–Crippen LogP) is 2.82. The van der Waals surface area contributed by atoms with Crippen LogP contribution in [0.2, 0.25) is 26.2 Å². The summed E-state index contributed by atoms with van der Waals surface area (Å²) in [6.45, 7) is 9.85. The third-order valence-corrected chi connectivity index (χ3v) is 13.4. The number of methoxy groups -OCH3 is 2. The molecule has 1 aliphatic heterocycles. The Balaban J connectivity index is 2.25. The molecule has 0 fully saturated rings. The van der Waals surface area contributed by atoms with E-state index >= 15 is 0 Å². The molecule has 0 N–H and O–H groups in total. The van der Waals surface area contributed by atoms with Crippen LogP contribution < -0.4 is 30.2 Å². The Morgan fingerprint density at radius 2 is 1.27 bits per heavy atom. The minimum absolute atomic E-state index is 0.842. The van der Waals surface area contributed by atoms with Gasteiger partial charge in [0.2, 0.25) is 0 Å². The van der Waals surface area contributed by atoms with Crippen molar-refractivity contribution in [3.8, 4) is 11.5 Å². The monoisotopic (exact) mass is 378 g/mol. The summed E-state index contributed by atoms with van der Waals surface area (Å²) in [4.78, 5) is 0. The summed E-state index contributed by atoms with van der Waals surface area (Å²) in [6.07, 6.45) is 0. The lowest BCUT2D eigenvalue weighted by Crippen LogP contribution is -2.64. The van der Waals surface area contributed by atoms with Crippen molar-refractivity contribution in [2.75, 3.05) is 14.2 Å². The van der Waals surface area contributed by atoms with Crippen LogP contribution in [0.1, 0.15) is 0 Å². The third-order valence-electron chi connectivity index (χ3n) is 6.10. The molecular formula is C22H26O2Si2. The fourth-order valence-electron chi connectivity index (χ4n) is 4.73. The molecule has 4 rings (SSSR count). The van der Waals surface area contributed by atoms with E-state index in [2.05, 4.69) is 74.7 Å². The Morgan fingerprint density at radius 1 is 0.654 bits per heavy atom. The average molecular weight is 379 g/mol. The van der Waals surface area contributed by atoms with Crippen molar-refractivity contribution < 1.29 is 9.47 Å². The number of fused-ring (bicyclic) bond motifs is 1. The molecule has 3 aromatic carbocycles. The SMILES string of the molecule is COc1ccc2c(c1OC)[Si](C)(C)c1cccc3cccc(c13)[Si]2(C)C. The maximum absolute atomic E-state index is 5.95. The van der Waals surface area contributed by atoms with E-state index in [1.165, 1.54) is 31.5 Å². The number of benzene rings is 3. The Bertz CT molecular complexity index is 1020. The summed E-state index contributed by atoms with van der Waals surface area (Å²) >= 11 is 0. The summed E-state index contributed by atoms with van der Waals surface area (Å²) in [6, 6.07) is 18.0. The van der Waals surface area contributed by atoms with Crippen molar-refractivity contribution in [1.29, 1.82) is 0 Å². The molecule has 26 heavy (non-hydrogen) atoms. The highest BCUT2D eigenvalue weighted by atomic mass is 28.3. The van der Waals surface area contributed by atoms with E-state index in [9.17, 15) is 0 Å². The second-order valence-electron chi connectivity index (χ2n) is 8.18. The van der Waals surface area contributed by atoms with Crippen LogP contribution in [0.5, 0.6) is 11.5 Å². The van der Waals surface area contributed by atoms with Gasteiger partial charge in [0.05, 0.1) is 14.2 Å². The lowest BCUT2D eigenvalue weighted by atomic mass is 10.1. The Kier molecular flexibility index (Phi) is 3.83. The van der Waals surface area contributed by atoms with Crippen molar-refractivity contribution >= 4 is 47.7 Å². The van der Waals surface area contributed by atoms with Crippen LogP contribution >= 0.6 is 0 Å². The maximum atomic E-state index is 5.95. The fourth-order valence-corrected chi connectivity index (χ4v) is 12.9. The number of ether oxygens (including phenoxy) is 2. The molecule has 0 spiro atoms. The van der Waals surface area contributed by atoms with Crippen LogP contribution in [0.4, 0.5) is 0 Å². The molecule has 0 amide bonds. The molecule has 0 saturated carbocycles. The first-order valence-electron chi connectivity index (χ1n) is 9.12. The smallest absolute Gasteiger partial charge is 0.160 e. The Hall–Kier alpha value is -2.05. The minimum atomic E-state index is -1.98. The molecule has 3 aromatic rings. The van der Waals surface area contributed by atoms with E-state index in [-0.39, 0.29) is 0 Å². The van der Waals surface area contributed by atoms with Crippen LogP contribution in [0.15, 0.2) is 48.5 Å². The van der Waals surface area contributed by atoms with Gasteiger partial charge >= 0.3 is 0 Å². The number of rotatable bonds is 2. The van der Waals surface area contributed by atoms with Gasteiger partial charge in [-0.25, -0.2) is 0 Å². The lowest BCUT2D eigenvalue weighted by Gasteiger charge is -2.31. The average Bonchev–Trinajstić information content (AvgIpc) is 2.70. The van der Waals surface area contributed by atoms with Crippen molar-refractivity contribution in [2.24, 2.45) is 0 Å². The highest BCUT2D eigenvalue weighted by molar-refractivity contribution is 7.13. The molecule has 0 saturated heterocycles. The molecule has 4 heteroatoms. The van der Waals surface area contributed by atoms with Gasteiger partial charge in [-0.1, -0.05) is 73.8 Å². The van der Waals surface area contributed by atoms with Crippen molar-refractivity contribution in [3.63, 3.8) is 0 Å². The third kappa shape index (κ3) is 2.15. The normalized spacial score (nSPS) is 16.7. The van der Waals surface area contributed by atoms with Crippen molar-refractivity contribution in [3.05, 3.63) is 48.5 Å². The second-order valence-corrected chi connectivity index (χ2v) is 16.8. The topological polar surface area (TPSA) is 18.5 Å². The molecule has 0 bridgehead atoms. The van der Waals surface area contributed by atoms with E-state index in [4.69, 9.17) is 9.47 Å². The predicted molar refractivity (Wildman–Crippen MR) is 117 cm³/mol. The van der Waals surface area contributed by atoms with Crippen LogP contribution in [-0.4, -0.2) is 30.4 Å². The molecule has 1 aliphatic rings. The first-order chi connectivity index (χ1) is 12.3. The van der Waals surface area contributed by atoms with E-state index < -0.39 is 16.1 Å². The van der Waals surface area contributed by atoms with Crippen LogP contribution in [0, 0.1) is 0 Å². The first-order valence-corrected chi connectivity index (χ1v) is 15.1. The molecule has 1 heterocycles. The van der Waals surface area contributed by atoms with Gasteiger partial charge in [0.15, 0.2) is 11.5 Å². The van der Waals surface area contributed by atoms with Crippen LogP contribution in [-0.2, 0) is 0 Å². The van der Waals surface area contributed by atoms with Crippen LogP contribution in [0.3, 0.4) is 0 Å². The van der Waals surface area contributed by atoms with E-state index in [1.54, 1.807) is 14.2 Å².